The third-order valence-corrected chi connectivity index (χ3v) is 6.03. The molecule has 0 unspecified atom stereocenters. The second-order valence-electron chi connectivity index (χ2n) is 8.23. The molecule has 5 rings (SSSR count). The van der Waals surface area contributed by atoms with Gasteiger partial charge in [-0.05, 0) is 62.1 Å². The lowest BCUT2D eigenvalue weighted by Gasteiger charge is -2.32. The Morgan fingerprint density at radius 3 is 2.12 bits per heavy atom. The molecule has 26 heavy (non-hydrogen) atoms. The van der Waals surface area contributed by atoms with Crippen LogP contribution in [0.4, 0.5) is 0 Å². The van der Waals surface area contributed by atoms with Crippen molar-refractivity contribution in [2.24, 2.45) is 0 Å². The third kappa shape index (κ3) is 2.16. The van der Waals surface area contributed by atoms with Crippen molar-refractivity contribution in [1.82, 2.24) is 4.98 Å². The molecule has 1 aliphatic heterocycles. The van der Waals surface area contributed by atoms with E-state index < -0.39 is 0 Å². The highest BCUT2D eigenvalue weighted by atomic mass is 16.7. The summed E-state index contributed by atoms with van der Waals surface area (Å²) in [6, 6.07) is 19.3. The van der Waals surface area contributed by atoms with E-state index >= 15 is 0 Å². The molecule has 1 fully saturated rings. The summed E-state index contributed by atoms with van der Waals surface area (Å²) in [7, 11) is -0.367. The number of aromatic amines is 1. The van der Waals surface area contributed by atoms with E-state index in [9.17, 15) is 0 Å². The lowest BCUT2D eigenvalue weighted by atomic mass is 9.76. The smallest absolute Gasteiger partial charge is 0.399 e. The molecular weight excluding hydrogens is 321 g/mol. The topological polar surface area (TPSA) is 34.2 Å². The summed E-state index contributed by atoms with van der Waals surface area (Å²) in [6.07, 6.45) is 0. The average molecular weight is 343 g/mol. The Morgan fingerprint density at radius 2 is 1.42 bits per heavy atom. The zero-order valence-electron chi connectivity index (χ0n) is 15.6. The fraction of sp³-hybridized carbons (Fsp3) is 0.273. The van der Waals surface area contributed by atoms with Crippen molar-refractivity contribution >= 4 is 45.2 Å². The van der Waals surface area contributed by atoms with Gasteiger partial charge in [0.2, 0.25) is 0 Å². The summed E-state index contributed by atoms with van der Waals surface area (Å²) in [5, 5.41) is 4.88. The van der Waals surface area contributed by atoms with Gasteiger partial charge in [-0.1, -0.05) is 36.4 Å². The van der Waals surface area contributed by atoms with E-state index in [1.54, 1.807) is 0 Å². The number of fused-ring (bicyclic) bond motifs is 4. The predicted octanol–water partition coefficient (Wildman–Crippen LogP) is 4.77. The average Bonchev–Trinajstić information content (AvgIpc) is 3.06. The van der Waals surface area contributed by atoms with Crippen LogP contribution in [-0.2, 0) is 9.31 Å². The van der Waals surface area contributed by atoms with E-state index in [1.165, 1.54) is 21.5 Å². The first-order chi connectivity index (χ1) is 12.4. The molecule has 0 bridgehead atoms. The predicted molar refractivity (Wildman–Crippen MR) is 109 cm³/mol. The Labute approximate surface area is 153 Å². The van der Waals surface area contributed by atoms with Gasteiger partial charge in [0.1, 0.15) is 0 Å². The van der Waals surface area contributed by atoms with Crippen LogP contribution in [0.1, 0.15) is 27.7 Å². The van der Waals surface area contributed by atoms with Gasteiger partial charge in [0.25, 0.3) is 0 Å². The first-order valence-electron chi connectivity index (χ1n) is 9.14. The highest BCUT2D eigenvalue weighted by molar-refractivity contribution is 6.66. The quantitative estimate of drug-likeness (QED) is 0.505. The van der Waals surface area contributed by atoms with E-state index in [2.05, 4.69) is 87.3 Å². The van der Waals surface area contributed by atoms with Crippen LogP contribution in [0, 0.1) is 0 Å². The minimum absolute atomic E-state index is 0.349. The first kappa shape index (κ1) is 15.9. The molecule has 0 amide bonds. The normalized spacial score (nSPS) is 19.0. The fourth-order valence-corrected chi connectivity index (χ4v) is 3.84. The number of hydrogen-bond donors (Lipinski definition) is 1. The molecule has 130 valence electrons. The van der Waals surface area contributed by atoms with E-state index in [0.29, 0.717) is 0 Å². The lowest BCUT2D eigenvalue weighted by molar-refractivity contribution is 0.00578. The largest absolute Gasteiger partial charge is 0.495 e. The molecular formula is C22H22BNO2. The zero-order valence-corrected chi connectivity index (χ0v) is 15.6. The van der Waals surface area contributed by atoms with Crippen LogP contribution in [0.3, 0.4) is 0 Å². The van der Waals surface area contributed by atoms with Crippen LogP contribution >= 0.6 is 0 Å². The molecule has 0 radical (unpaired) electrons. The summed E-state index contributed by atoms with van der Waals surface area (Å²) in [4.78, 5) is 3.56. The van der Waals surface area contributed by atoms with Crippen molar-refractivity contribution in [1.29, 1.82) is 0 Å². The second-order valence-corrected chi connectivity index (χ2v) is 8.23. The third-order valence-electron chi connectivity index (χ3n) is 6.03. The highest BCUT2D eigenvalue weighted by Gasteiger charge is 2.52. The van der Waals surface area contributed by atoms with Gasteiger partial charge in [-0.25, -0.2) is 0 Å². The van der Waals surface area contributed by atoms with Crippen molar-refractivity contribution in [3.8, 4) is 0 Å². The van der Waals surface area contributed by atoms with Crippen molar-refractivity contribution in [2.45, 2.75) is 38.9 Å². The number of rotatable bonds is 1. The van der Waals surface area contributed by atoms with E-state index in [0.717, 1.165) is 16.5 Å². The fourth-order valence-electron chi connectivity index (χ4n) is 3.84. The van der Waals surface area contributed by atoms with Gasteiger partial charge in [-0.15, -0.1) is 0 Å². The number of hydrogen-bond acceptors (Lipinski definition) is 2. The van der Waals surface area contributed by atoms with Gasteiger partial charge in [0.15, 0.2) is 0 Å². The molecule has 0 aliphatic carbocycles. The van der Waals surface area contributed by atoms with Crippen LogP contribution < -0.4 is 5.46 Å². The lowest BCUT2D eigenvalue weighted by Crippen LogP contribution is -2.41. The van der Waals surface area contributed by atoms with Crippen molar-refractivity contribution < 1.29 is 9.31 Å². The van der Waals surface area contributed by atoms with Gasteiger partial charge in [-0.2, -0.15) is 0 Å². The van der Waals surface area contributed by atoms with Gasteiger partial charge in [0, 0.05) is 21.8 Å². The monoisotopic (exact) mass is 343 g/mol. The van der Waals surface area contributed by atoms with Crippen LogP contribution in [0.5, 0.6) is 0 Å². The Hall–Kier alpha value is -2.30. The summed E-state index contributed by atoms with van der Waals surface area (Å²) < 4.78 is 12.7. The summed E-state index contributed by atoms with van der Waals surface area (Å²) in [5.74, 6) is 0. The van der Waals surface area contributed by atoms with Gasteiger partial charge >= 0.3 is 7.12 Å². The van der Waals surface area contributed by atoms with Crippen LogP contribution in [0.25, 0.3) is 32.6 Å². The maximum absolute atomic E-state index is 6.33. The Kier molecular flexibility index (Phi) is 3.14. The Balaban J connectivity index is 1.77. The molecule has 1 saturated heterocycles. The summed E-state index contributed by atoms with van der Waals surface area (Å²) in [5.41, 5.74) is 2.64. The summed E-state index contributed by atoms with van der Waals surface area (Å²) in [6.45, 7) is 8.37. The van der Waals surface area contributed by atoms with Gasteiger partial charge in [0.05, 0.1) is 11.2 Å². The van der Waals surface area contributed by atoms with E-state index in [-0.39, 0.29) is 18.3 Å². The maximum Gasteiger partial charge on any atom is 0.495 e. The van der Waals surface area contributed by atoms with E-state index in [4.69, 9.17) is 9.31 Å². The molecule has 1 aliphatic rings. The highest BCUT2D eigenvalue weighted by Crippen LogP contribution is 2.38. The first-order valence-corrected chi connectivity index (χ1v) is 9.14. The van der Waals surface area contributed by atoms with Gasteiger partial charge in [-0.3, -0.25) is 0 Å². The molecule has 1 aromatic heterocycles. The molecule has 0 atom stereocenters. The van der Waals surface area contributed by atoms with Gasteiger partial charge < -0.3 is 14.3 Å². The molecule has 3 nitrogen and oxygen atoms in total. The molecule has 0 saturated carbocycles. The molecule has 4 aromatic rings. The van der Waals surface area contributed by atoms with Crippen molar-refractivity contribution in [2.75, 3.05) is 0 Å². The van der Waals surface area contributed by atoms with Crippen molar-refractivity contribution in [3.63, 3.8) is 0 Å². The SMILES string of the molecule is CC1(C)OB(c2cccc3[nH]c4cc5ccccc5cc4c23)OC1(C)C. The number of nitrogens with one attached hydrogen (secondary N) is 1. The van der Waals surface area contributed by atoms with E-state index in [1.807, 2.05) is 0 Å². The van der Waals surface area contributed by atoms with Crippen LogP contribution in [-0.4, -0.2) is 23.3 Å². The molecule has 4 heteroatoms. The van der Waals surface area contributed by atoms with Crippen molar-refractivity contribution in [3.05, 3.63) is 54.6 Å². The van der Waals surface area contributed by atoms with Crippen LogP contribution in [0.15, 0.2) is 54.6 Å². The number of benzene rings is 3. The number of H-pyrrole nitrogens is 1. The Bertz CT molecular complexity index is 1140. The van der Waals surface area contributed by atoms with Crippen LogP contribution in [0.2, 0.25) is 0 Å². The zero-order chi connectivity index (χ0) is 18.1. The standard InChI is InChI=1S/C22H22BNO2/c1-21(2)22(3,4)26-23(25-21)17-10-7-11-18-20(17)16-12-14-8-5-6-9-15(14)13-19(16)24-18/h5-13,24H,1-4H3. The molecule has 1 N–H and O–H groups in total. The maximum atomic E-state index is 6.33. The number of aromatic nitrogens is 1. The minimum Gasteiger partial charge on any atom is -0.399 e. The minimum atomic E-state index is -0.367. The molecule has 0 spiro atoms. The Morgan fingerprint density at radius 1 is 0.769 bits per heavy atom. The molecule has 2 heterocycles. The molecule has 3 aromatic carbocycles. The summed E-state index contributed by atoms with van der Waals surface area (Å²) >= 11 is 0. The second kappa shape index (κ2) is 5.12.